The third kappa shape index (κ3) is 5.57. The predicted octanol–water partition coefficient (Wildman–Crippen LogP) is 1.98. The summed E-state index contributed by atoms with van der Waals surface area (Å²) in [4.78, 5) is 27.4. The molecule has 2 unspecified atom stereocenters. The van der Waals surface area contributed by atoms with Crippen LogP contribution in [0.25, 0.3) is 0 Å². The molecular weight excluding hydrogens is 300 g/mol. The highest BCUT2D eigenvalue weighted by Crippen LogP contribution is 2.19. The second kappa shape index (κ2) is 7.38. The zero-order valence-corrected chi connectivity index (χ0v) is 14.3. The molecule has 2 atom stereocenters. The molecule has 0 radical (unpaired) electrons. The fourth-order valence-electron chi connectivity index (χ4n) is 2.86. The maximum Gasteiger partial charge on any atom is 0.410 e. The van der Waals surface area contributed by atoms with E-state index in [0.717, 1.165) is 25.7 Å². The van der Waals surface area contributed by atoms with E-state index in [1.165, 1.54) is 0 Å². The number of aliphatic hydroxyl groups is 1. The molecule has 0 aromatic carbocycles. The largest absolute Gasteiger partial charge is 0.444 e. The summed E-state index contributed by atoms with van der Waals surface area (Å²) in [5, 5.41) is 9.64. The predicted molar refractivity (Wildman–Crippen MR) is 84.1 cm³/mol. The summed E-state index contributed by atoms with van der Waals surface area (Å²) in [6, 6.07) is 0. The van der Waals surface area contributed by atoms with Crippen LogP contribution in [0.3, 0.4) is 0 Å². The zero-order chi connectivity index (χ0) is 17.0. The van der Waals surface area contributed by atoms with Crippen LogP contribution < -0.4 is 0 Å². The number of ether oxygens (including phenoxy) is 2. The number of likely N-dealkylation sites (tertiary alicyclic amines) is 2. The lowest BCUT2D eigenvalue weighted by molar-refractivity contribution is -0.0130. The maximum absolute atomic E-state index is 12.2. The minimum absolute atomic E-state index is 0.317. The van der Waals surface area contributed by atoms with Crippen molar-refractivity contribution in [2.45, 2.75) is 64.3 Å². The lowest BCUT2D eigenvalue weighted by atomic mass is 10.1. The average Bonchev–Trinajstić information content (AvgIpc) is 2.45. The Morgan fingerprint density at radius 1 is 1.00 bits per heavy atom. The Labute approximate surface area is 137 Å². The van der Waals surface area contributed by atoms with Gasteiger partial charge in [-0.15, -0.1) is 0 Å². The van der Waals surface area contributed by atoms with Gasteiger partial charge in [-0.3, -0.25) is 0 Å². The van der Waals surface area contributed by atoms with E-state index in [1.54, 1.807) is 9.80 Å². The number of rotatable bonds is 1. The van der Waals surface area contributed by atoms with E-state index in [1.807, 2.05) is 20.8 Å². The van der Waals surface area contributed by atoms with Crippen molar-refractivity contribution in [1.29, 1.82) is 0 Å². The minimum Gasteiger partial charge on any atom is -0.444 e. The van der Waals surface area contributed by atoms with E-state index in [-0.39, 0.29) is 12.2 Å². The van der Waals surface area contributed by atoms with Crippen LogP contribution in [0.4, 0.5) is 9.59 Å². The summed E-state index contributed by atoms with van der Waals surface area (Å²) in [7, 11) is 0. The lowest BCUT2D eigenvalue weighted by Gasteiger charge is -2.35. The SMILES string of the molecule is CC(C)(C)OC(=O)N1CCCC(OC(=O)N2CCCC(O)C2)C1. The molecular formula is C16H28N2O5. The Bertz CT molecular complexity index is 435. The summed E-state index contributed by atoms with van der Waals surface area (Å²) < 4.78 is 10.9. The minimum atomic E-state index is -0.537. The van der Waals surface area contributed by atoms with Crippen molar-refractivity contribution in [3.05, 3.63) is 0 Å². The van der Waals surface area contributed by atoms with E-state index in [0.29, 0.717) is 26.2 Å². The standard InChI is InChI=1S/C16H28N2O5/c1-16(2,3)23-15(21)18-9-5-7-13(11-18)22-14(20)17-8-4-6-12(19)10-17/h12-13,19H,4-11H2,1-3H3. The van der Waals surface area contributed by atoms with E-state index in [2.05, 4.69) is 0 Å². The van der Waals surface area contributed by atoms with Crippen LogP contribution in [0, 0.1) is 0 Å². The molecule has 2 saturated heterocycles. The molecule has 2 fully saturated rings. The normalized spacial score (nSPS) is 25.9. The van der Waals surface area contributed by atoms with E-state index in [4.69, 9.17) is 9.47 Å². The molecule has 0 aromatic rings. The molecule has 2 rings (SSSR count). The van der Waals surface area contributed by atoms with Gasteiger partial charge in [-0.05, 0) is 46.5 Å². The molecule has 0 aromatic heterocycles. The number of aliphatic hydroxyl groups excluding tert-OH is 1. The Kier molecular flexibility index (Phi) is 5.73. The average molecular weight is 328 g/mol. The van der Waals surface area contributed by atoms with Crippen LogP contribution in [0.1, 0.15) is 46.5 Å². The first-order valence-electron chi connectivity index (χ1n) is 8.36. The van der Waals surface area contributed by atoms with Crippen molar-refractivity contribution in [3.63, 3.8) is 0 Å². The smallest absolute Gasteiger partial charge is 0.410 e. The number of hydrogen-bond donors (Lipinski definition) is 1. The molecule has 2 amide bonds. The monoisotopic (exact) mass is 328 g/mol. The van der Waals surface area contributed by atoms with Gasteiger partial charge in [0.05, 0.1) is 12.6 Å². The van der Waals surface area contributed by atoms with Crippen LogP contribution in [0.2, 0.25) is 0 Å². The van der Waals surface area contributed by atoms with Gasteiger partial charge in [0.2, 0.25) is 0 Å². The molecule has 0 saturated carbocycles. The van der Waals surface area contributed by atoms with E-state index in [9.17, 15) is 14.7 Å². The van der Waals surface area contributed by atoms with Gasteiger partial charge in [0.25, 0.3) is 0 Å². The first-order valence-corrected chi connectivity index (χ1v) is 8.36. The third-order valence-corrected chi connectivity index (χ3v) is 3.95. The quantitative estimate of drug-likeness (QED) is 0.796. The van der Waals surface area contributed by atoms with Gasteiger partial charge in [-0.25, -0.2) is 9.59 Å². The number of carbonyl (C=O) groups excluding carboxylic acids is 2. The highest BCUT2D eigenvalue weighted by atomic mass is 16.6. The van der Waals surface area contributed by atoms with Gasteiger partial charge in [-0.1, -0.05) is 0 Å². The summed E-state index contributed by atoms with van der Waals surface area (Å²) in [6.45, 7) is 7.39. The molecule has 0 aliphatic carbocycles. The van der Waals surface area contributed by atoms with Crippen LogP contribution in [0.15, 0.2) is 0 Å². The Morgan fingerprint density at radius 2 is 1.61 bits per heavy atom. The first kappa shape index (κ1) is 17.8. The number of nitrogens with zero attached hydrogens (tertiary/aromatic N) is 2. The number of amides is 2. The molecule has 132 valence electrons. The van der Waals surface area contributed by atoms with Crippen molar-refractivity contribution >= 4 is 12.2 Å². The first-order chi connectivity index (χ1) is 10.7. The van der Waals surface area contributed by atoms with Crippen molar-refractivity contribution < 1.29 is 24.2 Å². The van der Waals surface area contributed by atoms with Gasteiger partial charge in [0, 0.05) is 19.6 Å². The molecule has 7 heteroatoms. The lowest BCUT2D eigenvalue weighted by Crippen LogP contribution is -2.48. The number of hydrogen-bond acceptors (Lipinski definition) is 5. The Morgan fingerprint density at radius 3 is 2.22 bits per heavy atom. The van der Waals surface area contributed by atoms with Crippen LogP contribution in [0.5, 0.6) is 0 Å². The van der Waals surface area contributed by atoms with Crippen LogP contribution in [-0.2, 0) is 9.47 Å². The molecule has 23 heavy (non-hydrogen) atoms. The molecule has 0 spiro atoms. The molecule has 7 nitrogen and oxygen atoms in total. The van der Waals surface area contributed by atoms with Gasteiger partial charge < -0.3 is 24.4 Å². The second-order valence-corrected chi connectivity index (χ2v) is 7.32. The van der Waals surface area contributed by atoms with Crippen molar-refractivity contribution in [2.24, 2.45) is 0 Å². The fourth-order valence-corrected chi connectivity index (χ4v) is 2.86. The topological polar surface area (TPSA) is 79.3 Å². The molecule has 2 aliphatic heterocycles. The van der Waals surface area contributed by atoms with Gasteiger partial charge in [-0.2, -0.15) is 0 Å². The van der Waals surface area contributed by atoms with Crippen molar-refractivity contribution in [2.75, 3.05) is 26.2 Å². The molecule has 2 aliphatic rings. The summed E-state index contributed by atoms with van der Waals surface area (Å²) >= 11 is 0. The molecule has 1 N–H and O–H groups in total. The maximum atomic E-state index is 12.2. The summed E-state index contributed by atoms with van der Waals surface area (Å²) in [6.07, 6.45) is 1.46. The number of β-amino-alcohol motifs (C(OH)–C–C–N with tert-alkyl or cyclic N) is 1. The number of piperidine rings is 2. The third-order valence-electron chi connectivity index (χ3n) is 3.95. The Balaban J connectivity index is 1.83. The molecule has 0 bridgehead atoms. The summed E-state index contributed by atoms with van der Waals surface area (Å²) in [5.41, 5.74) is -0.537. The van der Waals surface area contributed by atoms with Gasteiger partial charge in [0.1, 0.15) is 11.7 Å². The number of carbonyl (C=O) groups is 2. The Hall–Kier alpha value is -1.50. The highest BCUT2D eigenvalue weighted by molar-refractivity contribution is 5.69. The van der Waals surface area contributed by atoms with Crippen molar-refractivity contribution in [1.82, 2.24) is 9.80 Å². The fraction of sp³-hybridized carbons (Fsp3) is 0.875. The zero-order valence-electron chi connectivity index (χ0n) is 14.3. The van der Waals surface area contributed by atoms with Crippen LogP contribution in [-0.4, -0.2) is 71.1 Å². The van der Waals surface area contributed by atoms with Gasteiger partial charge in [0.15, 0.2) is 0 Å². The van der Waals surface area contributed by atoms with Crippen molar-refractivity contribution in [3.8, 4) is 0 Å². The van der Waals surface area contributed by atoms with E-state index < -0.39 is 17.8 Å². The van der Waals surface area contributed by atoms with Crippen LogP contribution >= 0.6 is 0 Å². The second-order valence-electron chi connectivity index (χ2n) is 7.32. The molecule has 2 heterocycles. The summed E-state index contributed by atoms with van der Waals surface area (Å²) in [5.74, 6) is 0. The van der Waals surface area contributed by atoms with Gasteiger partial charge >= 0.3 is 12.2 Å². The highest BCUT2D eigenvalue weighted by Gasteiger charge is 2.31. The van der Waals surface area contributed by atoms with E-state index >= 15 is 0 Å².